The average Bonchev–Trinajstić information content (AvgIpc) is 3.25. The van der Waals surface area contributed by atoms with E-state index in [2.05, 4.69) is 47.4 Å². The van der Waals surface area contributed by atoms with Crippen molar-refractivity contribution in [1.82, 2.24) is 24.9 Å². The number of likely N-dealkylation sites (tertiary alicyclic amines) is 1. The van der Waals surface area contributed by atoms with Crippen LogP contribution in [0.4, 0.5) is 15.3 Å². The second kappa shape index (κ2) is 14.9. The van der Waals surface area contributed by atoms with Gasteiger partial charge in [0.05, 0.1) is 8.95 Å². The summed E-state index contributed by atoms with van der Waals surface area (Å²) in [6, 6.07) is 11.8. The van der Waals surface area contributed by atoms with Gasteiger partial charge >= 0.3 is 12.1 Å². The average molecular weight is 765 g/mol. The molecule has 4 aliphatic rings. The quantitative estimate of drug-likeness (QED) is 0.392. The predicted octanol–water partition coefficient (Wildman–Crippen LogP) is 4.66. The summed E-state index contributed by atoms with van der Waals surface area (Å²) < 4.78 is 7.00. The highest BCUT2D eigenvalue weighted by Crippen LogP contribution is 2.34. The summed E-state index contributed by atoms with van der Waals surface area (Å²) in [5.74, 6) is -0.128. The molecule has 13 heteroatoms. The molecule has 0 aliphatic carbocycles. The van der Waals surface area contributed by atoms with Gasteiger partial charge in [-0.25, -0.2) is 9.59 Å². The zero-order valence-electron chi connectivity index (χ0n) is 25.9. The number of carbonyl (C=O) groups is 3. The summed E-state index contributed by atoms with van der Waals surface area (Å²) in [5.41, 5.74) is 2.73. The molecule has 2 aromatic carbocycles. The molecular formula is C33H44Br2N6O5. The van der Waals surface area contributed by atoms with Crippen molar-refractivity contribution < 1.29 is 25.7 Å². The fraction of sp³-hybridized carbons (Fsp3) is 0.545. The monoisotopic (exact) mass is 762 g/mol. The summed E-state index contributed by atoms with van der Waals surface area (Å²) in [6.07, 6.45) is 2.93. The van der Waals surface area contributed by atoms with Crippen molar-refractivity contribution >= 4 is 55.6 Å². The van der Waals surface area contributed by atoms with Crippen molar-refractivity contribution in [2.75, 3.05) is 64.2 Å². The van der Waals surface area contributed by atoms with Crippen LogP contribution >= 0.6 is 31.9 Å². The summed E-state index contributed by atoms with van der Waals surface area (Å²) in [6.45, 7) is 6.33. The molecule has 3 N–H and O–H groups in total. The van der Waals surface area contributed by atoms with E-state index in [9.17, 15) is 19.5 Å². The number of benzene rings is 2. The van der Waals surface area contributed by atoms with Crippen molar-refractivity contribution in [3.05, 3.63) is 56.5 Å². The van der Waals surface area contributed by atoms with Crippen molar-refractivity contribution in [2.45, 2.75) is 56.7 Å². The van der Waals surface area contributed by atoms with Crippen LogP contribution in [0.3, 0.4) is 0 Å². The summed E-state index contributed by atoms with van der Waals surface area (Å²) in [7, 11) is 0. The van der Waals surface area contributed by atoms with Crippen LogP contribution in [-0.2, 0) is 22.4 Å². The third-order valence-corrected chi connectivity index (χ3v) is 11.0. The highest BCUT2D eigenvalue weighted by atomic mass is 79.9. The van der Waals surface area contributed by atoms with Gasteiger partial charge in [-0.3, -0.25) is 9.69 Å². The molecule has 4 heterocycles. The third kappa shape index (κ3) is 7.64. The Kier molecular flexibility index (Phi) is 10.7. The van der Waals surface area contributed by atoms with Gasteiger partial charge in [0.15, 0.2) is 6.10 Å². The second-order valence-electron chi connectivity index (χ2n) is 12.6. The van der Waals surface area contributed by atoms with Gasteiger partial charge in [-0.2, -0.15) is 0 Å². The summed E-state index contributed by atoms with van der Waals surface area (Å²) in [5, 5.41) is 16.7. The van der Waals surface area contributed by atoms with Crippen molar-refractivity contribution in [2.24, 2.45) is 0 Å². The van der Waals surface area contributed by atoms with Crippen molar-refractivity contribution in [3.8, 4) is 5.75 Å². The molecule has 4 amide bonds. The maximum absolute atomic E-state index is 13.9. The lowest BCUT2D eigenvalue weighted by atomic mass is 10.0. The highest BCUT2D eigenvalue weighted by molar-refractivity contribution is 9.11. The number of fused-ring (bicyclic) bond motifs is 1. The topological polar surface area (TPSA) is 118 Å². The van der Waals surface area contributed by atoms with Crippen molar-refractivity contribution in [1.29, 1.82) is 0 Å². The Morgan fingerprint density at radius 3 is 2.28 bits per heavy atom. The van der Waals surface area contributed by atoms with Gasteiger partial charge in [0.1, 0.15) is 5.75 Å². The minimum absolute atomic E-state index is 0. The van der Waals surface area contributed by atoms with E-state index in [0.29, 0.717) is 60.6 Å². The normalized spacial score (nSPS) is 20.9. The first-order valence-corrected chi connectivity index (χ1v) is 17.9. The predicted molar refractivity (Wildman–Crippen MR) is 184 cm³/mol. The molecule has 0 radical (unpaired) electrons. The first-order chi connectivity index (χ1) is 22.3. The second-order valence-corrected chi connectivity index (χ2v) is 14.3. The van der Waals surface area contributed by atoms with Crippen LogP contribution < -0.4 is 10.6 Å². The molecule has 3 saturated heterocycles. The molecule has 0 saturated carbocycles. The number of aromatic hydroxyl groups is 1. The number of piperidine rings is 2. The number of rotatable bonds is 6. The molecule has 0 aromatic heterocycles. The van der Waals surface area contributed by atoms with Crippen molar-refractivity contribution in [3.63, 3.8) is 0 Å². The van der Waals surface area contributed by atoms with Crippen LogP contribution in [0.15, 0.2) is 45.3 Å². The molecule has 46 heavy (non-hydrogen) atoms. The number of halogens is 2. The van der Waals surface area contributed by atoms with E-state index < -0.39 is 12.2 Å². The molecule has 250 valence electrons. The first-order valence-electron chi connectivity index (χ1n) is 16.3. The molecule has 4 aliphatic heterocycles. The Bertz CT molecular complexity index is 1410. The number of ether oxygens (including phenoxy) is 1. The minimum atomic E-state index is -1.01. The molecule has 3 fully saturated rings. The number of nitrogens with one attached hydrogen (secondary N) is 2. The van der Waals surface area contributed by atoms with Gasteiger partial charge in [0.2, 0.25) is 0 Å². The van der Waals surface area contributed by atoms with Gasteiger partial charge in [-0.15, -0.1) is 0 Å². The number of hydrogen-bond donors (Lipinski definition) is 3. The molecule has 1 atom stereocenters. The molecule has 11 nitrogen and oxygen atoms in total. The lowest BCUT2D eigenvalue weighted by Gasteiger charge is -2.41. The van der Waals surface area contributed by atoms with Crippen LogP contribution in [0, 0.1) is 0 Å². The van der Waals surface area contributed by atoms with E-state index in [-0.39, 0.29) is 31.6 Å². The number of phenols is 1. The summed E-state index contributed by atoms with van der Waals surface area (Å²) >= 11 is 6.76. The van der Waals surface area contributed by atoms with E-state index >= 15 is 0 Å². The number of piperazine rings is 1. The van der Waals surface area contributed by atoms with Crippen LogP contribution in [0.2, 0.25) is 0 Å². The lowest BCUT2D eigenvalue weighted by Crippen LogP contribution is -2.56. The SMILES string of the molecule is O=C(O[C@H](Cc1cc(Br)c(O)c(Br)c1)C(=O)N1CCN(C2CCNCC2)CC1)N1CCC(N2CCc3ccccc3NC2=O)CC1.[HH]. The largest absolute Gasteiger partial charge is 0.506 e. The van der Waals surface area contributed by atoms with E-state index in [1.165, 1.54) is 0 Å². The molecule has 2 aromatic rings. The van der Waals surface area contributed by atoms with E-state index in [1.807, 2.05) is 34.1 Å². The number of nitrogens with zero attached hydrogens (tertiary/aromatic N) is 4. The Morgan fingerprint density at radius 1 is 0.913 bits per heavy atom. The van der Waals surface area contributed by atoms with Gasteiger partial charge < -0.3 is 35.2 Å². The van der Waals surface area contributed by atoms with E-state index in [1.54, 1.807) is 17.0 Å². The van der Waals surface area contributed by atoms with Crippen LogP contribution in [0.5, 0.6) is 5.75 Å². The van der Waals surface area contributed by atoms with Gasteiger partial charge in [0.25, 0.3) is 5.91 Å². The molecule has 0 bridgehead atoms. The van der Waals surface area contributed by atoms with Crippen LogP contribution in [0.25, 0.3) is 0 Å². The van der Waals surface area contributed by atoms with Gasteiger partial charge in [0, 0.05) is 71.4 Å². The van der Waals surface area contributed by atoms with Gasteiger partial charge in [-0.05, 0) is 106 Å². The number of amides is 4. The van der Waals surface area contributed by atoms with E-state index in [4.69, 9.17) is 4.74 Å². The standard InChI is InChI=1S/C33H42Br2N6O5.H2/c34-26-19-22(20-27(35)30(26)42)21-29(31(43)39-17-15-38(16-18-39)24-5-10-36-11-6-24)46-33(45)40-12-8-25(9-13-40)41-14-7-23-3-1-2-4-28(23)37-32(41)44;/h1-4,19-20,24-25,29,36,42H,5-18,21H2,(H,37,44);1H/t29-;/m1./s1. The zero-order valence-corrected chi connectivity index (χ0v) is 29.1. The Labute approximate surface area is 288 Å². The fourth-order valence-corrected chi connectivity index (χ4v) is 8.39. The number of anilines is 1. The zero-order chi connectivity index (χ0) is 32.2. The maximum atomic E-state index is 13.9. The van der Waals surface area contributed by atoms with Crippen LogP contribution in [-0.4, -0.2) is 120 Å². The van der Waals surface area contributed by atoms with Gasteiger partial charge in [-0.1, -0.05) is 18.2 Å². The number of urea groups is 1. The number of para-hydroxylation sites is 1. The Balaban J connectivity index is 0.00000433. The molecule has 6 rings (SSSR count). The minimum Gasteiger partial charge on any atom is -0.506 e. The number of phenolic OH excluding ortho intramolecular Hbond substituents is 1. The summed E-state index contributed by atoms with van der Waals surface area (Å²) in [4.78, 5) is 48.4. The molecule has 0 spiro atoms. The smallest absolute Gasteiger partial charge is 0.410 e. The molecular weight excluding hydrogens is 720 g/mol. The lowest BCUT2D eigenvalue weighted by molar-refractivity contribution is -0.143. The highest BCUT2D eigenvalue weighted by Gasteiger charge is 2.36. The fourth-order valence-electron chi connectivity index (χ4n) is 7.11. The number of carbonyl (C=O) groups excluding carboxylic acids is 3. The third-order valence-electron chi connectivity index (χ3n) is 9.77. The number of hydrogen-bond acceptors (Lipinski definition) is 7. The first kappa shape index (κ1) is 33.0. The van der Waals surface area contributed by atoms with E-state index in [0.717, 1.165) is 62.3 Å². The molecule has 0 unspecified atom stereocenters. The Morgan fingerprint density at radius 2 is 1.59 bits per heavy atom. The Hall–Kier alpha value is -2.87. The maximum Gasteiger partial charge on any atom is 0.410 e. The van der Waals surface area contributed by atoms with Crippen LogP contribution in [0.1, 0.15) is 38.2 Å².